The van der Waals surface area contributed by atoms with Gasteiger partial charge >= 0.3 is 0 Å². The number of nitrogens with zero attached hydrogens (tertiary/aromatic N) is 2. The molecular formula is C14H13ClN2. The lowest BCUT2D eigenvalue weighted by Crippen LogP contribution is -2.08. The minimum atomic E-state index is 0.706. The molecule has 0 saturated heterocycles. The number of hydrogen-bond donors (Lipinski definition) is 0. The Hall–Kier alpha value is -1.80. The van der Waals surface area contributed by atoms with Gasteiger partial charge < -0.3 is 0 Å². The van der Waals surface area contributed by atoms with Crippen LogP contribution in [0.1, 0.15) is 5.56 Å². The van der Waals surface area contributed by atoms with E-state index in [-0.39, 0.29) is 0 Å². The van der Waals surface area contributed by atoms with Crippen molar-refractivity contribution in [1.29, 1.82) is 0 Å². The van der Waals surface area contributed by atoms with E-state index >= 15 is 0 Å². The fraction of sp³-hybridized carbons (Fsp3) is 0.0714. The Balaban J connectivity index is 2.14. The molecule has 86 valence electrons. The Morgan fingerprint density at radius 3 is 2.35 bits per heavy atom. The lowest BCUT2D eigenvalue weighted by Gasteiger charge is -2.12. The van der Waals surface area contributed by atoms with E-state index in [1.165, 1.54) is 0 Å². The maximum atomic E-state index is 6.04. The number of benzene rings is 2. The zero-order valence-corrected chi connectivity index (χ0v) is 10.3. The van der Waals surface area contributed by atoms with Gasteiger partial charge in [-0.1, -0.05) is 48.0 Å². The summed E-state index contributed by atoms with van der Waals surface area (Å²) in [5, 5.41) is 6.86. The number of para-hydroxylation sites is 1. The molecule has 0 atom stereocenters. The van der Waals surface area contributed by atoms with Gasteiger partial charge in [0.2, 0.25) is 0 Å². The predicted molar refractivity (Wildman–Crippen MR) is 73.9 cm³/mol. The summed E-state index contributed by atoms with van der Waals surface area (Å²) in [6.07, 6.45) is 1.76. The molecule has 0 amide bonds. The highest BCUT2D eigenvalue weighted by Crippen LogP contribution is 2.14. The lowest BCUT2D eigenvalue weighted by atomic mass is 10.2. The van der Waals surface area contributed by atoms with E-state index in [2.05, 4.69) is 5.10 Å². The molecular weight excluding hydrogens is 232 g/mol. The van der Waals surface area contributed by atoms with Crippen molar-refractivity contribution in [2.75, 3.05) is 12.1 Å². The van der Waals surface area contributed by atoms with Gasteiger partial charge in [-0.3, -0.25) is 5.01 Å². The number of anilines is 1. The summed E-state index contributed by atoms with van der Waals surface area (Å²) >= 11 is 6.04. The van der Waals surface area contributed by atoms with E-state index in [9.17, 15) is 0 Å². The summed E-state index contributed by atoms with van der Waals surface area (Å²) in [5.41, 5.74) is 1.95. The Bertz CT molecular complexity index is 509. The molecule has 0 fully saturated rings. The first-order valence-electron chi connectivity index (χ1n) is 5.34. The molecule has 0 radical (unpaired) electrons. The Labute approximate surface area is 106 Å². The molecule has 0 aliphatic carbocycles. The van der Waals surface area contributed by atoms with Gasteiger partial charge in [-0.15, -0.1) is 0 Å². The topological polar surface area (TPSA) is 15.6 Å². The van der Waals surface area contributed by atoms with E-state index < -0.39 is 0 Å². The van der Waals surface area contributed by atoms with Gasteiger partial charge in [-0.2, -0.15) is 5.10 Å². The van der Waals surface area contributed by atoms with Crippen LogP contribution in [0.2, 0.25) is 5.02 Å². The van der Waals surface area contributed by atoms with Crippen molar-refractivity contribution in [2.45, 2.75) is 0 Å². The molecule has 0 aromatic heterocycles. The largest absolute Gasteiger partial charge is 0.269 e. The average molecular weight is 245 g/mol. The molecule has 17 heavy (non-hydrogen) atoms. The third-order valence-electron chi connectivity index (χ3n) is 2.41. The van der Waals surface area contributed by atoms with Crippen molar-refractivity contribution >= 4 is 23.5 Å². The van der Waals surface area contributed by atoms with Gasteiger partial charge in [0.05, 0.1) is 11.9 Å². The maximum Gasteiger partial charge on any atom is 0.0590 e. The van der Waals surface area contributed by atoms with Crippen LogP contribution in [-0.2, 0) is 0 Å². The highest BCUT2D eigenvalue weighted by molar-refractivity contribution is 6.33. The van der Waals surface area contributed by atoms with Crippen LogP contribution in [-0.4, -0.2) is 13.3 Å². The molecule has 0 aliphatic heterocycles. The number of halogens is 1. The minimum absolute atomic E-state index is 0.706. The number of rotatable bonds is 3. The summed E-state index contributed by atoms with van der Waals surface area (Å²) in [5.74, 6) is 0. The van der Waals surface area contributed by atoms with Crippen molar-refractivity contribution in [3.05, 3.63) is 65.2 Å². The zero-order chi connectivity index (χ0) is 12.1. The molecule has 2 aromatic rings. The van der Waals surface area contributed by atoms with E-state index in [4.69, 9.17) is 11.6 Å². The smallest absolute Gasteiger partial charge is 0.0590 e. The highest BCUT2D eigenvalue weighted by atomic mass is 35.5. The maximum absolute atomic E-state index is 6.04. The van der Waals surface area contributed by atoms with Gasteiger partial charge in [-0.05, 0) is 18.2 Å². The van der Waals surface area contributed by atoms with Crippen LogP contribution in [0, 0.1) is 0 Å². The van der Waals surface area contributed by atoms with Gasteiger partial charge in [0, 0.05) is 17.6 Å². The van der Waals surface area contributed by atoms with Crippen molar-refractivity contribution < 1.29 is 0 Å². The summed E-state index contributed by atoms with van der Waals surface area (Å²) in [6, 6.07) is 17.6. The van der Waals surface area contributed by atoms with Gasteiger partial charge in [0.15, 0.2) is 0 Å². The van der Waals surface area contributed by atoms with Crippen LogP contribution in [0.5, 0.6) is 0 Å². The molecule has 2 rings (SSSR count). The third-order valence-corrected chi connectivity index (χ3v) is 2.75. The van der Waals surface area contributed by atoms with Crippen molar-refractivity contribution in [3.8, 4) is 0 Å². The zero-order valence-electron chi connectivity index (χ0n) is 9.55. The second kappa shape index (κ2) is 5.51. The molecule has 0 N–H and O–H groups in total. The molecule has 3 heteroatoms. The second-order valence-electron chi connectivity index (χ2n) is 3.63. The van der Waals surface area contributed by atoms with Gasteiger partial charge in [-0.25, -0.2) is 0 Å². The van der Waals surface area contributed by atoms with Crippen LogP contribution in [0.3, 0.4) is 0 Å². The van der Waals surface area contributed by atoms with Crippen LogP contribution in [0.15, 0.2) is 59.7 Å². The van der Waals surface area contributed by atoms with Gasteiger partial charge in [0.1, 0.15) is 0 Å². The molecule has 0 heterocycles. The first kappa shape index (κ1) is 11.7. The molecule has 0 bridgehead atoms. The van der Waals surface area contributed by atoms with Gasteiger partial charge in [0.25, 0.3) is 0 Å². The first-order chi connectivity index (χ1) is 8.27. The number of hydrazone groups is 1. The highest BCUT2D eigenvalue weighted by Gasteiger charge is 1.97. The summed E-state index contributed by atoms with van der Waals surface area (Å²) in [6.45, 7) is 0. The Morgan fingerprint density at radius 2 is 1.65 bits per heavy atom. The SMILES string of the molecule is CN(N=Cc1ccccc1Cl)c1ccccc1. The molecule has 0 unspecified atom stereocenters. The molecule has 0 aliphatic rings. The fourth-order valence-electron chi connectivity index (χ4n) is 1.44. The summed E-state index contributed by atoms with van der Waals surface area (Å²) in [4.78, 5) is 0. The minimum Gasteiger partial charge on any atom is -0.269 e. The lowest BCUT2D eigenvalue weighted by molar-refractivity contribution is 1.02. The van der Waals surface area contributed by atoms with Crippen LogP contribution >= 0.6 is 11.6 Å². The normalized spacial score (nSPS) is 10.7. The van der Waals surface area contributed by atoms with Crippen LogP contribution < -0.4 is 5.01 Å². The van der Waals surface area contributed by atoms with E-state index in [1.807, 2.05) is 66.7 Å². The standard InChI is InChI=1S/C14H13ClN2/c1-17(13-8-3-2-4-9-13)16-11-12-7-5-6-10-14(12)15/h2-11H,1H3. The first-order valence-corrected chi connectivity index (χ1v) is 5.72. The van der Waals surface area contributed by atoms with E-state index in [1.54, 1.807) is 6.21 Å². The molecule has 0 saturated carbocycles. The monoisotopic (exact) mass is 244 g/mol. The van der Waals surface area contributed by atoms with Crippen molar-refractivity contribution in [1.82, 2.24) is 0 Å². The van der Waals surface area contributed by atoms with Crippen molar-refractivity contribution in [3.63, 3.8) is 0 Å². The van der Waals surface area contributed by atoms with Crippen LogP contribution in [0.25, 0.3) is 0 Å². The Morgan fingerprint density at radius 1 is 1.00 bits per heavy atom. The number of hydrogen-bond acceptors (Lipinski definition) is 2. The van der Waals surface area contributed by atoms with E-state index in [0.717, 1.165) is 11.3 Å². The molecule has 2 aromatic carbocycles. The quantitative estimate of drug-likeness (QED) is 0.592. The average Bonchev–Trinajstić information content (AvgIpc) is 2.38. The second-order valence-corrected chi connectivity index (χ2v) is 4.03. The van der Waals surface area contributed by atoms with Crippen LogP contribution in [0.4, 0.5) is 5.69 Å². The third kappa shape index (κ3) is 3.08. The summed E-state index contributed by atoms with van der Waals surface area (Å²) in [7, 11) is 1.91. The predicted octanol–water partition coefficient (Wildman–Crippen LogP) is 3.81. The molecule has 2 nitrogen and oxygen atoms in total. The molecule has 0 spiro atoms. The van der Waals surface area contributed by atoms with Crippen molar-refractivity contribution in [2.24, 2.45) is 5.10 Å². The summed E-state index contributed by atoms with van der Waals surface area (Å²) < 4.78 is 0. The Kier molecular flexibility index (Phi) is 3.78. The fourth-order valence-corrected chi connectivity index (χ4v) is 1.62. The van der Waals surface area contributed by atoms with E-state index in [0.29, 0.717) is 5.02 Å².